The summed E-state index contributed by atoms with van der Waals surface area (Å²) in [6, 6.07) is 5.47. The van der Waals surface area contributed by atoms with Crippen molar-refractivity contribution in [3.63, 3.8) is 0 Å². The second kappa shape index (κ2) is 4.02. The molecular formula is C11H12N4O2S. The highest BCUT2D eigenvalue weighted by molar-refractivity contribution is 7.92. The van der Waals surface area contributed by atoms with E-state index in [1.54, 1.807) is 6.07 Å². The summed E-state index contributed by atoms with van der Waals surface area (Å²) in [6.45, 7) is 0.895. The van der Waals surface area contributed by atoms with Crippen LogP contribution < -0.4 is 10.0 Å². The van der Waals surface area contributed by atoms with Crippen LogP contribution in [0.4, 0.5) is 11.4 Å². The van der Waals surface area contributed by atoms with Crippen LogP contribution in [0.25, 0.3) is 0 Å². The van der Waals surface area contributed by atoms with Gasteiger partial charge in [0.2, 0.25) is 0 Å². The Bertz CT molecular complexity index is 664. The maximum absolute atomic E-state index is 12.0. The van der Waals surface area contributed by atoms with Crippen molar-refractivity contribution in [2.24, 2.45) is 0 Å². The Kier molecular flexibility index (Phi) is 2.48. The molecule has 0 unspecified atom stereocenters. The lowest BCUT2D eigenvalue weighted by atomic mass is 10.1. The number of aromatic nitrogens is 2. The average Bonchev–Trinajstić information content (AvgIpc) is 2.99. The number of fused-ring (bicyclic) bond motifs is 1. The van der Waals surface area contributed by atoms with Gasteiger partial charge in [-0.25, -0.2) is 4.98 Å². The zero-order valence-corrected chi connectivity index (χ0v) is 10.3. The topological polar surface area (TPSA) is 86.9 Å². The van der Waals surface area contributed by atoms with E-state index in [4.69, 9.17) is 0 Å². The Balaban J connectivity index is 1.89. The molecule has 0 atom stereocenters. The van der Waals surface area contributed by atoms with E-state index in [1.807, 2.05) is 12.1 Å². The molecule has 0 amide bonds. The molecule has 1 aromatic heterocycles. The van der Waals surface area contributed by atoms with Crippen LogP contribution in [0.1, 0.15) is 5.56 Å². The Labute approximate surface area is 105 Å². The Morgan fingerprint density at radius 1 is 1.33 bits per heavy atom. The summed E-state index contributed by atoms with van der Waals surface area (Å²) in [5.74, 6) is 0. The van der Waals surface area contributed by atoms with Crippen molar-refractivity contribution in [2.45, 2.75) is 11.4 Å². The first kappa shape index (κ1) is 11.1. The van der Waals surface area contributed by atoms with Gasteiger partial charge in [-0.2, -0.15) is 8.42 Å². The molecule has 0 radical (unpaired) electrons. The molecule has 1 aliphatic heterocycles. The fourth-order valence-electron chi connectivity index (χ4n) is 1.97. The number of hydrogen-bond donors (Lipinski definition) is 3. The Hall–Kier alpha value is -2.02. The fourth-order valence-corrected chi connectivity index (χ4v) is 2.92. The monoisotopic (exact) mass is 264 g/mol. The van der Waals surface area contributed by atoms with Crippen molar-refractivity contribution in [1.29, 1.82) is 0 Å². The lowest BCUT2D eigenvalue weighted by Gasteiger charge is -2.07. The number of sulfonamides is 1. The first-order chi connectivity index (χ1) is 8.65. The Morgan fingerprint density at radius 2 is 2.22 bits per heavy atom. The predicted octanol–water partition coefficient (Wildman–Crippen LogP) is 1.18. The number of nitrogens with zero attached hydrogens (tertiary/aromatic N) is 1. The third-order valence-corrected chi connectivity index (χ3v) is 4.14. The van der Waals surface area contributed by atoms with Crippen LogP contribution in [0, 0.1) is 0 Å². The number of hydrogen-bond acceptors (Lipinski definition) is 4. The summed E-state index contributed by atoms with van der Waals surface area (Å²) >= 11 is 0. The van der Waals surface area contributed by atoms with Gasteiger partial charge in [0.1, 0.15) is 0 Å². The summed E-state index contributed by atoms with van der Waals surface area (Å²) in [4.78, 5) is 6.28. The standard InChI is InChI=1S/C11H12N4O2S/c16-18(17,11-6-12-7-14-11)15-9-1-2-10-8(5-9)3-4-13-10/h1-2,5-7,13,15H,3-4H2,(H,12,14). The van der Waals surface area contributed by atoms with E-state index in [9.17, 15) is 8.42 Å². The molecule has 1 aromatic carbocycles. The van der Waals surface area contributed by atoms with Gasteiger partial charge in [0.15, 0.2) is 5.03 Å². The third-order valence-electron chi connectivity index (χ3n) is 2.83. The third kappa shape index (κ3) is 1.92. The minimum absolute atomic E-state index is 0.0566. The van der Waals surface area contributed by atoms with E-state index in [1.165, 1.54) is 12.5 Å². The molecule has 7 heteroatoms. The average molecular weight is 264 g/mol. The summed E-state index contributed by atoms with van der Waals surface area (Å²) in [7, 11) is -3.58. The largest absolute Gasteiger partial charge is 0.384 e. The summed E-state index contributed by atoms with van der Waals surface area (Å²) in [6.07, 6.45) is 3.52. The van der Waals surface area contributed by atoms with E-state index >= 15 is 0 Å². The van der Waals surface area contributed by atoms with E-state index in [0.29, 0.717) is 5.69 Å². The molecule has 3 N–H and O–H groups in total. The van der Waals surface area contributed by atoms with Gasteiger partial charge < -0.3 is 10.3 Å². The normalized spacial score (nSPS) is 14.0. The highest BCUT2D eigenvalue weighted by Gasteiger charge is 2.17. The Morgan fingerprint density at radius 3 is 3.00 bits per heavy atom. The first-order valence-electron chi connectivity index (χ1n) is 5.53. The number of H-pyrrole nitrogens is 1. The molecule has 18 heavy (non-hydrogen) atoms. The van der Waals surface area contributed by atoms with E-state index in [2.05, 4.69) is 20.0 Å². The molecule has 0 fully saturated rings. The molecule has 1 aliphatic rings. The molecule has 0 spiro atoms. The van der Waals surface area contributed by atoms with Gasteiger partial charge in [-0.3, -0.25) is 4.72 Å². The molecule has 0 bridgehead atoms. The van der Waals surface area contributed by atoms with E-state index in [-0.39, 0.29) is 5.03 Å². The van der Waals surface area contributed by atoms with E-state index in [0.717, 1.165) is 24.2 Å². The molecule has 6 nitrogen and oxygen atoms in total. The maximum Gasteiger partial charge on any atom is 0.278 e. The predicted molar refractivity (Wildman–Crippen MR) is 68.0 cm³/mol. The van der Waals surface area contributed by atoms with Crippen LogP contribution >= 0.6 is 0 Å². The van der Waals surface area contributed by atoms with Crippen molar-refractivity contribution >= 4 is 21.4 Å². The number of aromatic amines is 1. The number of nitrogens with one attached hydrogen (secondary N) is 3. The van der Waals surface area contributed by atoms with Crippen LogP contribution in [0.3, 0.4) is 0 Å². The van der Waals surface area contributed by atoms with Gasteiger partial charge in [0.05, 0.1) is 12.5 Å². The second-order valence-electron chi connectivity index (χ2n) is 4.07. The molecule has 0 aliphatic carbocycles. The van der Waals surface area contributed by atoms with Gasteiger partial charge in [0.25, 0.3) is 10.0 Å². The van der Waals surface area contributed by atoms with Crippen LogP contribution in [-0.2, 0) is 16.4 Å². The van der Waals surface area contributed by atoms with E-state index < -0.39 is 10.0 Å². The quantitative estimate of drug-likeness (QED) is 0.777. The highest BCUT2D eigenvalue weighted by atomic mass is 32.2. The number of benzene rings is 1. The van der Waals surface area contributed by atoms with Crippen molar-refractivity contribution in [3.8, 4) is 0 Å². The second-order valence-corrected chi connectivity index (χ2v) is 5.72. The van der Waals surface area contributed by atoms with Crippen LogP contribution in [0.5, 0.6) is 0 Å². The van der Waals surface area contributed by atoms with Crippen molar-refractivity contribution in [2.75, 3.05) is 16.6 Å². The van der Waals surface area contributed by atoms with Crippen LogP contribution in [-0.4, -0.2) is 24.9 Å². The summed E-state index contributed by atoms with van der Waals surface area (Å²) in [5, 5.41) is 3.28. The van der Waals surface area contributed by atoms with Gasteiger partial charge in [-0.15, -0.1) is 0 Å². The minimum Gasteiger partial charge on any atom is -0.384 e. The van der Waals surface area contributed by atoms with Crippen molar-refractivity contribution in [3.05, 3.63) is 36.3 Å². The van der Waals surface area contributed by atoms with Crippen LogP contribution in [0.15, 0.2) is 35.7 Å². The zero-order chi connectivity index (χ0) is 12.6. The van der Waals surface area contributed by atoms with Gasteiger partial charge in [-0.05, 0) is 30.2 Å². The summed E-state index contributed by atoms with van der Waals surface area (Å²) in [5.41, 5.74) is 2.76. The molecular weight excluding hydrogens is 252 g/mol. The smallest absolute Gasteiger partial charge is 0.278 e. The maximum atomic E-state index is 12.0. The van der Waals surface area contributed by atoms with Crippen LogP contribution in [0.2, 0.25) is 0 Å². The van der Waals surface area contributed by atoms with Gasteiger partial charge >= 0.3 is 0 Å². The molecule has 2 aromatic rings. The fraction of sp³-hybridized carbons (Fsp3) is 0.182. The lowest BCUT2D eigenvalue weighted by Crippen LogP contribution is -2.13. The SMILES string of the molecule is O=S(=O)(Nc1ccc2c(c1)CCN2)c1cnc[nH]1. The number of anilines is 2. The zero-order valence-electron chi connectivity index (χ0n) is 9.47. The molecule has 94 valence electrons. The van der Waals surface area contributed by atoms with Crippen molar-refractivity contribution in [1.82, 2.24) is 9.97 Å². The molecule has 2 heterocycles. The lowest BCUT2D eigenvalue weighted by molar-refractivity contribution is 0.598. The highest BCUT2D eigenvalue weighted by Crippen LogP contribution is 2.26. The molecule has 0 saturated carbocycles. The van der Waals surface area contributed by atoms with Gasteiger partial charge in [0, 0.05) is 17.9 Å². The summed E-state index contributed by atoms with van der Waals surface area (Å²) < 4.78 is 26.5. The van der Waals surface area contributed by atoms with Crippen molar-refractivity contribution < 1.29 is 8.42 Å². The molecule has 3 rings (SSSR count). The number of imidazole rings is 1. The van der Waals surface area contributed by atoms with Gasteiger partial charge in [-0.1, -0.05) is 0 Å². The number of rotatable bonds is 3. The minimum atomic E-state index is -3.58. The first-order valence-corrected chi connectivity index (χ1v) is 7.01. The molecule has 0 saturated heterocycles.